The predicted molar refractivity (Wildman–Crippen MR) is 59.4 cm³/mol. The van der Waals surface area contributed by atoms with Gasteiger partial charge < -0.3 is 14.6 Å². The lowest BCUT2D eigenvalue weighted by Gasteiger charge is -2.01. The van der Waals surface area contributed by atoms with Crippen molar-refractivity contribution in [3.05, 3.63) is 41.7 Å². The molecule has 0 aliphatic rings. The minimum absolute atomic E-state index is 0.377. The Morgan fingerprint density at radius 1 is 1.31 bits per heavy atom. The van der Waals surface area contributed by atoms with E-state index in [9.17, 15) is 9.90 Å². The fourth-order valence-electron chi connectivity index (χ4n) is 1.16. The summed E-state index contributed by atoms with van der Waals surface area (Å²) in [5, 5.41) is 9.24. The van der Waals surface area contributed by atoms with Crippen LogP contribution in [0.2, 0.25) is 0 Å². The molecule has 0 aromatic heterocycles. The molecule has 16 heavy (non-hydrogen) atoms. The molecule has 0 heterocycles. The van der Waals surface area contributed by atoms with Crippen LogP contribution in [0, 0.1) is 0 Å². The van der Waals surface area contributed by atoms with E-state index in [4.69, 9.17) is 4.74 Å². The second-order valence-corrected chi connectivity index (χ2v) is 3.13. The third-order valence-corrected chi connectivity index (χ3v) is 2.08. The normalized spacial score (nSPS) is 11.0. The monoisotopic (exact) mass is 222 g/mol. The quantitative estimate of drug-likeness (QED) is 0.480. The molecule has 1 N–H and O–H groups in total. The lowest BCUT2D eigenvalue weighted by molar-refractivity contribution is -0.139. The molecule has 0 aliphatic carbocycles. The van der Waals surface area contributed by atoms with Gasteiger partial charge in [-0.2, -0.15) is 0 Å². The molecule has 0 bridgehead atoms. The summed E-state index contributed by atoms with van der Waals surface area (Å²) in [6.45, 7) is 0. The molecule has 0 atom stereocenters. The van der Waals surface area contributed by atoms with Crippen molar-refractivity contribution in [1.29, 1.82) is 0 Å². The zero-order valence-electron chi connectivity index (χ0n) is 9.27. The summed E-state index contributed by atoms with van der Waals surface area (Å²) in [5.74, 6) is -0.336. The van der Waals surface area contributed by atoms with Gasteiger partial charge in [0.25, 0.3) is 0 Å². The standard InChI is InChI=1S/C12H14O4/c1-15-10-6-3-9(4-7-10)5-8-11(13)12(14)16-2/h3-4,6-8,13H,5H2,1-2H3. The second kappa shape index (κ2) is 5.80. The third-order valence-electron chi connectivity index (χ3n) is 2.08. The summed E-state index contributed by atoms with van der Waals surface area (Å²) in [6, 6.07) is 7.36. The van der Waals surface area contributed by atoms with Gasteiger partial charge in [0, 0.05) is 0 Å². The van der Waals surface area contributed by atoms with Gasteiger partial charge in [-0.25, -0.2) is 4.79 Å². The summed E-state index contributed by atoms with van der Waals surface area (Å²) < 4.78 is 9.37. The van der Waals surface area contributed by atoms with Gasteiger partial charge in [-0.3, -0.25) is 0 Å². The van der Waals surface area contributed by atoms with Gasteiger partial charge in [0.1, 0.15) is 5.75 Å². The van der Waals surface area contributed by atoms with Gasteiger partial charge >= 0.3 is 5.97 Å². The fraction of sp³-hybridized carbons (Fsp3) is 0.250. The van der Waals surface area contributed by atoms with Crippen molar-refractivity contribution in [2.45, 2.75) is 6.42 Å². The van der Waals surface area contributed by atoms with Crippen LogP contribution in [-0.4, -0.2) is 25.3 Å². The number of hydrogen-bond donors (Lipinski definition) is 1. The lowest BCUT2D eigenvalue weighted by Crippen LogP contribution is -2.04. The molecular weight excluding hydrogens is 208 g/mol. The average molecular weight is 222 g/mol. The molecule has 4 heteroatoms. The smallest absolute Gasteiger partial charge is 0.372 e. The van der Waals surface area contributed by atoms with Crippen LogP contribution < -0.4 is 4.74 Å². The highest BCUT2D eigenvalue weighted by atomic mass is 16.5. The molecule has 0 fully saturated rings. The van der Waals surface area contributed by atoms with E-state index in [0.717, 1.165) is 11.3 Å². The largest absolute Gasteiger partial charge is 0.502 e. The SMILES string of the molecule is COC(=O)C(O)=CCc1ccc(OC)cc1. The first-order valence-electron chi connectivity index (χ1n) is 4.77. The summed E-state index contributed by atoms with van der Waals surface area (Å²) >= 11 is 0. The third kappa shape index (κ3) is 3.31. The number of hydrogen-bond acceptors (Lipinski definition) is 4. The van der Waals surface area contributed by atoms with E-state index in [1.54, 1.807) is 7.11 Å². The Labute approximate surface area is 94.1 Å². The molecule has 1 aromatic rings. The highest BCUT2D eigenvalue weighted by Crippen LogP contribution is 2.12. The molecule has 0 amide bonds. The second-order valence-electron chi connectivity index (χ2n) is 3.13. The van der Waals surface area contributed by atoms with Crippen LogP contribution in [-0.2, 0) is 16.0 Å². The van der Waals surface area contributed by atoms with Crippen LogP contribution in [0.3, 0.4) is 0 Å². The zero-order valence-corrected chi connectivity index (χ0v) is 9.27. The van der Waals surface area contributed by atoms with Gasteiger partial charge in [0.15, 0.2) is 5.76 Å². The number of carbonyl (C=O) groups excluding carboxylic acids is 1. The van der Waals surface area contributed by atoms with E-state index in [1.807, 2.05) is 24.3 Å². The minimum Gasteiger partial charge on any atom is -0.502 e. The van der Waals surface area contributed by atoms with Gasteiger partial charge in [-0.15, -0.1) is 0 Å². The molecule has 0 saturated carbocycles. The van der Waals surface area contributed by atoms with Crippen molar-refractivity contribution in [2.75, 3.05) is 14.2 Å². The molecule has 0 spiro atoms. The van der Waals surface area contributed by atoms with E-state index in [-0.39, 0.29) is 5.76 Å². The van der Waals surface area contributed by atoms with Gasteiger partial charge in [0.2, 0.25) is 0 Å². The first kappa shape index (κ1) is 12.1. The van der Waals surface area contributed by atoms with Crippen LogP contribution in [0.1, 0.15) is 5.56 Å². The topological polar surface area (TPSA) is 55.8 Å². The summed E-state index contributed by atoms with van der Waals surface area (Å²) in [7, 11) is 2.82. The maximum Gasteiger partial charge on any atom is 0.372 e. The highest BCUT2D eigenvalue weighted by molar-refractivity contribution is 5.85. The maximum absolute atomic E-state index is 10.9. The Morgan fingerprint density at radius 2 is 1.94 bits per heavy atom. The van der Waals surface area contributed by atoms with Gasteiger partial charge in [0.05, 0.1) is 14.2 Å². The Kier molecular flexibility index (Phi) is 4.39. The lowest BCUT2D eigenvalue weighted by atomic mass is 10.1. The molecule has 1 rings (SSSR count). The molecule has 0 unspecified atom stereocenters. The van der Waals surface area contributed by atoms with E-state index >= 15 is 0 Å². The number of benzene rings is 1. The van der Waals surface area contributed by atoms with E-state index in [0.29, 0.717) is 6.42 Å². The first-order valence-corrected chi connectivity index (χ1v) is 4.77. The number of aliphatic hydroxyl groups excluding tert-OH is 1. The first-order chi connectivity index (χ1) is 7.67. The molecule has 0 aliphatic heterocycles. The maximum atomic E-state index is 10.9. The number of esters is 1. The average Bonchev–Trinajstić information content (AvgIpc) is 2.35. The Balaban J connectivity index is 2.63. The van der Waals surface area contributed by atoms with Crippen LogP contribution >= 0.6 is 0 Å². The highest BCUT2D eigenvalue weighted by Gasteiger charge is 2.05. The number of methoxy groups -OCH3 is 2. The molecule has 0 saturated heterocycles. The fourth-order valence-corrected chi connectivity index (χ4v) is 1.16. The number of carbonyl (C=O) groups is 1. The Bertz CT molecular complexity index is 379. The molecule has 4 nitrogen and oxygen atoms in total. The number of allylic oxidation sites excluding steroid dienone is 1. The summed E-state index contributed by atoms with van der Waals surface area (Å²) in [4.78, 5) is 10.9. The van der Waals surface area contributed by atoms with E-state index in [2.05, 4.69) is 4.74 Å². The van der Waals surface area contributed by atoms with Crippen LogP contribution in [0.15, 0.2) is 36.1 Å². The van der Waals surface area contributed by atoms with Crippen molar-refractivity contribution >= 4 is 5.97 Å². The van der Waals surface area contributed by atoms with Gasteiger partial charge in [-0.05, 0) is 30.2 Å². The molecule has 86 valence electrons. The van der Waals surface area contributed by atoms with Gasteiger partial charge in [-0.1, -0.05) is 12.1 Å². The minimum atomic E-state index is -0.728. The van der Waals surface area contributed by atoms with Crippen molar-refractivity contribution in [3.63, 3.8) is 0 Å². The molecule has 1 aromatic carbocycles. The Morgan fingerprint density at radius 3 is 2.44 bits per heavy atom. The van der Waals surface area contributed by atoms with Crippen molar-refractivity contribution in [2.24, 2.45) is 0 Å². The van der Waals surface area contributed by atoms with Crippen LogP contribution in [0.25, 0.3) is 0 Å². The van der Waals surface area contributed by atoms with Crippen molar-refractivity contribution in [3.8, 4) is 5.75 Å². The van der Waals surface area contributed by atoms with Crippen molar-refractivity contribution in [1.82, 2.24) is 0 Å². The number of aliphatic hydroxyl groups is 1. The predicted octanol–water partition coefficient (Wildman–Crippen LogP) is 1.85. The summed E-state index contributed by atoms with van der Waals surface area (Å²) in [6.07, 6.45) is 1.87. The number of rotatable bonds is 4. The Hall–Kier alpha value is -1.97. The zero-order chi connectivity index (χ0) is 12.0. The molecule has 0 radical (unpaired) electrons. The van der Waals surface area contributed by atoms with Crippen molar-refractivity contribution < 1.29 is 19.4 Å². The summed E-state index contributed by atoms with van der Waals surface area (Å²) in [5.41, 5.74) is 0.969. The number of ether oxygens (including phenoxy) is 2. The van der Waals surface area contributed by atoms with E-state index < -0.39 is 5.97 Å². The van der Waals surface area contributed by atoms with Crippen LogP contribution in [0.4, 0.5) is 0 Å². The van der Waals surface area contributed by atoms with Crippen LogP contribution in [0.5, 0.6) is 5.75 Å². The van der Waals surface area contributed by atoms with E-state index in [1.165, 1.54) is 13.2 Å². The molecular formula is C12H14O4.